The van der Waals surface area contributed by atoms with Gasteiger partial charge in [0, 0.05) is 6.42 Å². The van der Waals surface area contributed by atoms with Crippen molar-refractivity contribution >= 4 is 18.4 Å². The van der Waals surface area contributed by atoms with Gasteiger partial charge in [0.1, 0.15) is 6.04 Å². The summed E-state index contributed by atoms with van der Waals surface area (Å²) in [7, 11) is 1.00. The van der Waals surface area contributed by atoms with E-state index >= 15 is 0 Å². The van der Waals surface area contributed by atoms with Gasteiger partial charge in [-0.05, 0) is 0 Å². The number of carbonyl (C=O) groups is 1. The summed E-state index contributed by atoms with van der Waals surface area (Å²) in [4.78, 5) is 10.5. The largest absolute Gasteiger partial charge is 0.468 e. The molecule has 2 atom stereocenters. The molecule has 4 nitrogen and oxygen atoms in total. The highest BCUT2D eigenvalue weighted by molar-refractivity contribution is 5.85. The Morgan fingerprint density at radius 1 is 1.57 bits per heavy atom. The highest BCUT2D eigenvalue weighted by Crippen LogP contribution is 2.22. The number of esters is 1. The Labute approximate surface area is 84.6 Å². The minimum Gasteiger partial charge on any atom is -0.468 e. The Balaban J connectivity index is 0. The first-order valence-electron chi connectivity index (χ1n) is 3.37. The summed E-state index contributed by atoms with van der Waals surface area (Å²) in [6.45, 7) is 0. The van der Waals surface area contributed by atoms with Crippen LogP contribution < -0.4 is 5.73 Å². The van der Waals surface area contributed by atoms with Crippen molar-refractivity contribution < 1.29 is 27.8 Å². The normalized spacial score (nSPS) is 15.3. The van der Waals surface area contributed by atoms with Crippen LogP contribution >= 0.6 is 12.4 Å². The number of halogens is 4. The fourth-order valence-corrected chi connectivity index (χ4v) is 0.622. The van der Waals surface area contributed by atoms with Gasteiger partial charge in [-0.2, -0.15) is 13.2 Å². The molecule has 0 aliphatic heterocycles. The fourth-order valence-electron chi connectivity index (χ4n) is 0.622. The van der Waals surface area contributed by atoms with E-state index in [1.165, 1.54) is 0 Å². The van der Waals surface area contributed by atoms with Crippen molar-refractivity contribution in [3.8, 4) is 0 Å². The summed E-state index contributed by atoms with van der Waals surface area (Å²) >= 11 is 0. The SMILES string of the molecule is COC(=O)C(N)CC(O)C(F)(F)F.Cl. The molecule has 0 aromatic carbocycles. The molecule has 0 aliphatic carbocycles. The van der Waals surface area contributed by atoms with Gasteiger partial charge < -0.3 is 15.6 Å². The lowest BCUT2D eigenvalue weighted by Gasteiger charge is -2.17. The number of aliphatic hydroxyl groups excluding tert-OH is 1. The molecule has 0 saturated carbocycles. The second-order valence-corrected chi connectivity index (χ2v) is 2.42. The summed E-state index contributed by atoms with van der Waals surface area (Å²) in [6.07, 6.45) is -8.25. The second-order valence-electron chi connectivity index (χ2n) is 2.42. The topological polar surface area (TPSA) is 72.5 Å². The molecule has 0 aromatic heterocycles. The molecule has 0 saturated heterocycles. The summed E-state index contributed by atoms with van der Waals surface area (Å²) in [5.41, 5.74) is 4.99. The van der Waals surface area contributed by atoms with Crippen molar-refractivity contribution in [3.63, 3.8) is 0 Å². The summed E-state index contributed by atoms with van der Waals surface area (Å²) in [5, 5.41) is 8.49. The van der Waals surface area contributed by atoms with E-state index in [0.29, 0.717) is 0 Å². The highest BCUT2D eigenvalue weighted by Gasteiger charge is 2.40. The molecule has 0 heterocycles. The number of aliphatic hydroxyl groups is 1. The maximum absolute atomic E-state index is 11.7. The molecular formula is C6H11ClF3NO3. The third-order valence-electron chi connectivity index (χ3n) is 1.36. The van der Waals surface area contributed by atoms with E-state index < -0.39 is 30.7 Å². The number of nitrogens with two attached hydrogens (primary N) is 1. The van der Waals surface area contributed by atoms with E-state index in [-0.39, 0.29) is 12.4 Å². The Bertz CT molecular complexity index is 188. The van der Waals surface area contributed by atoms with Crippen LogP contribution in [0.2, 0.25) is 0 Å². The van der Waals surface area contributed by atoms with Crippen LogP contribution in [0.1, 0.15) is 6.42 Å². The summed E-state index contributed by atoms with van der Waals surface area (Å²) < 4.78 is 39.2. The number of alkyl halides is 3. The lowest BCUT2D eigenvalue weighted by Crippen LogP contribution is -2.40. The van der Waals surface area contributed by atoms with Gasteiger partial charge in [-0.25, -0.2) is 0 Å². The Hall–Kier alpha value is -0.530. The number of hydrogen-bond donors (Lipinski definition) is 2. The monoisotopic (exact) mass is 237 g/mol. The van der Waals surface area contributed by atoms with Crippen LogP contribution in [0.25, 0.3) is 0 Å². The molecule has 0 aromatic rings. The van der Waals surface area contributed by atoms with Crippen LogP contribution in [-0.4, -0.2) is 36.5 Å². The van der Waals surface area contributed by atoms with Gasteiger partial charge >= 0.3 is 12.1 Å². The van der Waals surface area contributed by atoms with Crippen LogP contribution in [0.15, 0.2) is 0 Å². The molecule has 0 radical (unpaired) electrons. The van der Waals surface area contributed by atoms with E-state index in [2.05, 4.69) is 4.74 Å². The zero-order chi connectivity index (χ0) is 10.6. The van der Waals surface area contributed by atoms with E-state index in [1.54, 1.807) is 0 Å². The molecule has 0 fully saturated rings. The molecule has 0 amide bonds. The van der Waals surface area contributed by atoms with Gasteiger partial charge in [0.2, 0.25) is 0 Å². The quantitative estimate of drug-likeness (QED) is 0.689. The summed E-state index contributed by atoms with van der Waals surface area (Å²) in [6, 6.07) is -1.46. The zero-order valence-electron chi connectivity index (χ0n) is 7.25. The zero-order valence-corrected chi connectivity index (χ0v) is 8.06. The molecule has 0 rings (SSSR count). The minimum atomic E-state index is -4.76. The number of hydrogen-bond acceptors (Lipinski definition) is 4. The predicted molar refractivity (Wildman–Crippen MR) is 43.9 cm³/mol. The first kappa shape index (κ1) is 15.9. The average molecular weight is 238 g/mol. The van der Waals surface area contributed by atoms with Crippen molar-refractivity contribution in [3.05, 3.63) is 0 Å². The predicted octanol–water partition coefficient (Wildman–Crippen LogP) is 0.222. The maximum atomic E-state index is 11.7. The lowest BCUT2D eigenvalue weighted by atomic mass is 10.1. The number of methoxy groups -OCH3 is 1. The average Bonchev–Trinajstić information content (AvgIpc) is 2.01. The lowest BCUT2D eigenvalue weighted by molar-refractivity contribution is -0.207. The second kappa shape index (κ2) is 6.05. The number of rotatable bonds is 3. The van der Waals surface area contributed by atoms with E-state index in [9.17, 15) is 18.0 Å². The molecule has 0 bridgehead atoms. The van der Waals surface area contributed by atoms with Crippen LogP contribution in [-0.2, 0) is 9.53 Å². The molecule has 0 spiro atoms. The number of carbonyl (C=O) groups excluding carboxylic acids is 1. The van der Waals surface area contributed by atoms with Crippen molar-refractivity contribution in [1.29, 1.82) is 0 Å². The van der Waals surface area contributed by atoms with Gasteiger partial charge in [-0.15, -0.1) is 12.4 Å². The molecule has 14 heavy (non-hydrogen) atoms. The van der Waals surface area contributed by atoms with Crippen molar-refractivity contribution in [1.82, 2.24) is 0 Å². The van der Waals surface area contributed by atoms with Crippen molar-refractivity contribution in [2.45, 2.75) is 24.7 Å². The maximum Gasteiger partial charge on any atom is 0.414 e. The first-order chi connectivity index (χ1) is 5.79. The van der Waals surface area contributed by atoms with Gasteiger partial charge in [-0.3, -0.25) is 4.79 Å². The molecule has 3 N–H and O–H groups in total. The van der Waals surface area contributed by atoms with E-state index in [4.69, 9.17) is 10.8 Å². The Morgan fingerprint density at radius 2 is 2.00 bits per heavy atom. The molecular weight excluding hydrogens is 227 g/mol. The van der Waals surface area contributed by atoms with Crippen molar-refractivity contribution in [2.24, 2.45) is 5.73 Å². The number of ether oxygens (including phenoxy) is 1. The fraction of sp³-hybridized carbons (Fsp3) is 0.833. The van der Waals surface area contributed by atoms with Crippen LogP contribution in [0.4, 0.5) is 13.2 Å². The van der Waals surface area contributed by atoms with Crippen LogP contribution in [0, 0.1) is 0 Å². The minimum absolute atomic E-state index is 0. The van der Waals surface area contributed by atoms with Crippen LogP contribution in [0.5, 0.6) is 0 Å². The molecule has 8 heteroatoms. The smallest absolute Gasteiger partial charge is 0.414 e. The Kier molecular flexibility index (Phi) is 6.88. The van der Waals surface area contributed by atoms with Gasteiger partial charge in [0.05, 0.1) is 7.11 Å². The van der Waals surface area contributed by atoms with Crippen LogP contribution in [0.3, 0.4) is 0 Å². The van der Waals surface area contributed by atoms with Gasteiger partial charge in [0.25, 0.3) is 0 Å². The standard InChI is InChI=1S/C6H10F3NO3.ClH/c1-13-5(12)3(10)2-4(11)6(7,8)9;/h3-4,11H,2,10H2,1H3;1H. The van der Waals surface area contributed by atoms with Crippen molar-refractivity contribution in [2.75, 3.05) is 7.11 Å². The molecule has 0 aliphatic rings. The molecule has 2 unspecified atom stereocenters. The van der Waals surface area contributed by atoms with E-state index in [1.807, 2.05) is 0 Å². The summed E-state index contributed by atoms with van der Waals surface area (Å²) in [5.74, 6) is -0.983. The highest BCUT2D eigenvalue weighted by atomic mass is 35.5. The van der Waals surface area contributed by atoms with Gasteiger partial charge in [-0.1, -0.05) is 0 Å². The van der Waals surface area contributed by atoms with E-state index in [0.717, 1.165) is 7.11 Å². The molecule has 86 valence electrons. The van der Waals surface area contributed by atoms with Gasteiger partial charge in [0.15, 0.2) is 6.10 Å². The Morgan fingerprint density at radius 3 is 2.29 bits per heavy atom. The third kappa shape index (κ3) is 5.25. The third-order valence-corrected chi connectivity index (χ3v) is 1.36. The first-order valence-corrected chi connectivity index (χ1v) is 3.37.